The summed E-state index contributed by atoms with van der Waals surface area (Å²) in [5.74, 6) is -2.39. The number of benzene rings is 4. The van der Waals surface area contributed by atoms with Gasteiger partial charge in [-0.3, -0.25) is 29.2 Å². The van der Waals surface area contributed by atoms with Crippen molar-refractivity contribution in [2.24, 2.45) is 13.0 Å². The van der Waals surface area contributed by atoms with E-state index < -0.39 is 34.4 Å². The van der Waals surface area contributed by atoms with Gasteiger partial charge in [0.2, 0.25) is 17.7 Å². The van der Waals surface area contributed by atoms with E-state index in [2.05, 4.69) is 27.9 Å². The van der Waals surface area contributed by atoms with E-state index in [4.69, 9.17) is 4.74 Å². The number of ether oxygens (including phenoxy) is 1. The molecule has 8 rings (SSSR count). The van der Waals surface area contributed by atoms with Crippen LogP contribution in [0.4, 0.5) is 15.8 Å². The molecule has 1 aromatic heterocycles. The minimum absolute atomic E-state index is 0.0240. The number of hydrogen-bond acceptors (Lipinski definition) is 8. The Balaban J connectivity index is 0.938. The number of imide groups is 1. The van der Waals surface area contributed by atoms with Crippen molar-refractivity contribution in [3.63, 3.8) is 0 Å². The van der Waals surface area contributed by atoms with Crippen LogP contribution in [0.2, 0.25) is 0 Å². The average molecular weight is 767 g/mol. The highest BCUT2D eigenvalue weighted by Crippen LogP contribution is 2.42. The lowest BCUT2D eigenvalue weighted by Gasteiger charge is -2.28. The van der Waals surface area contributed by atoms with Gasteiger partial charge in [-0.25, -0.2) is 13.4 Å². The Kier molecular flexibility index (Phi) is 9.49. The maximum Gasteiger partial charge on any atom is 0.326 e. The van der Waals surface area contributed by atoms with Gasteiger partial charge in [0.15, 0.2) is 5.82 Å². The second kappa shape index (κ2) is 14.4. The number of nitrogens with one attached hydrogen (secondary N) is 3. The van der Waals surface area contributed by atoms with Crippen LogP contribution in [-0.2, 0) is 43.0 Å². The smallest absolute Gasteiger partial charge is 0.326 e. The summed E-state index contributed by atoms with van der Waals surface area (Å²) >= 11 is 0. The summed E-state index contributed by atoms with van der Waals surface area (Å²) in [6.07, 6.45) is 4.63. The molecular formula is C40H39FN6O7S. The van der Waals surface area contributed by atoms with Gasteiger partial charge in [0.1, 0.15) is 24.6 Å². The first-order valence-electron chi connectivity index (χ1n) is 18.3. The summed E-state index contributed by atoms with van der Waals surface area (Å²) in [6, 6.07) is 21.6. The molecule has 15 heteroatoms. The molecule has 1 aliphatic carbocycles. The van der Waals surface area contributed by atoms with Crippen LogP contribution >= 0.6 is 0 Å². The Morgan fingerprint density at radius 3 is 2.44 bits per heavy atom. The maximum absolute atomic E-state index is 16.2. The fourth-order valence-electron chi connectivity index (χ4n) is 8.07. The molecular weight excluding hydrogens is 728 g/mol. The Bertz CT molecular complexity index is 2480. The van der Waals surface area contributed by atoms with Crippen LogP contribution in [-0.4, -0.2) is 48.4 Å². The van der Waals surface area contributed by atoms with Gasteiger partial charge in [0.05, 0.1) is 17.1 Å². The summed E-state index contributed by atoms with van der Waals surface area (Å²) in [5, 5.41) is 11.4. The number of aryl methyl sites for hydroxylation is 1. The van der Waals surface area contributed by atoms with Crippen molar-refractivity contribution in [1.82, 2.24) is 19.8 Å². The SMILES string of the molecule is Cn1nc(C2CCC(=O)NC2=O)c2ccc(C3CCC(CC(=O)Nc4ccc5c(F)c(N6CC(=O)NS6(=O)=O)c(OCc6ccccc6)cc5c4)CC3)cc21. The number of halogens is 1. The molecule has 284 valence electrons. The van der Waals surface area contributed by atoms with Crippen molar-refractivity contribution in [1.29, 1.82) is 0 Å². The van der Waals surface area contributed by atoms with Gasteiger partial charge in [-0.05, 0) is 90.8 Å². The number of carbonyl (C=O) groups excluding carboxylic acids is 4. The number of nitrogens with zero attached hydrogens (tertiary/aromatic N) is 3. The Labute approximate surface area is 316 Å². The Morgan fingerprint density at radius 2 is 1.71 bits per heavy atom. The third kappa shape index (κ3) is 7.23. The zero-order chi connectivity index (χ0) is 38.4. The minimum atomic E-state index is -4.33. The highest BCUT2D eigenvalue weighted by atomic mass is 32.2. The number of rotatable bonds is 9. The van der Waals surface area contributed by atoms with E-state index in [0.29, 0.717) is 46.3 Å². The number of amides is 4. The van der Waals surface area contributed by atoms with Crippen molar-refractivity contribution < 1.29 is 36.7 Å². The standard InChI is InChI=1S/C40H39FN6O7S/c1-46-32-19-26(11-13-30(32)38(44-46)31-15-16-34(48)43-40(31)51)25-9-7-23(8-10-25)17-35(49)42-28-12-14-29-27(18-28)20-33(54-22-24-5-3-2-4-6-24)39(37(29)41)47-21-36(50)45-55(47,52)53/h2-6,11-14,18-20,23,25,31H,7-10,15-17,21-22H2,1H3,(H,42,49)(H,45,50)(H,43,48,51). The molecule has 2 saturated heterocycles. The van der Waals surface area contributed by atoms with Crippen LogP contribution in [0.5, 0.6) is 5.75 Å². The monoisotopic (exact) mass is 766 g/mol. The highest BCUT2D eigenvalue weighted by molar-refractivity contribution is 7.92. The number of anilines is 2. The van der Waals surface area contributed by atoms with Gasteiger partial charge < -0.3 is 10.1 Å². The van der Waals surface area contributed by atoms with E-state index in [0.717, 1.165) is 42.1 Å². The van der Waals surface area contributed by atoms with Crippen molar-refractivity contribution >= 4 is 66.9 Å². The summed E-state index contributed by atoms with van der Waals surface area (Å²) in [5.41, 5.74) is 3.68. The molecule has 0 radical (unpaired) electrons. The van der Waals surface area contributed by atoms with E-state index in [-0.39, 0.29) is 47.1 Å². The number of fused-ring (bicyclic) bond motifs is 2. The summed E-state index contributed by atoms with van der Waals surface area (Å²) in [4.78, 5) is 49.5. The second-order valence-electron chi connectivity index (χ2n) is 14.5. The normalized spacial score (nSPS) is 21.1. The quantitative estimate of drug-likeness (QED) is 0.167. The van der Waals surface area contributed by atoms with Crippen LogP contribution in [0.25, 0.3) is 21.7 Å². The number of piperidine rings is 1. The first kappa shape index (κ1) is 36.2. The zero-order valence-electron chi connectivity index (χ0n) is 30.0. The topological polar surface area (TPSA) is 169 Å². The van der Waals surface area contributed by atoms with Crippen LogP contribution in [0.15, 0.2) is 72.8 Å². The van der Waals surface area contributed by atoms with Crippen LogP contribution in [0.3, 0.4) is 0 Å². The molecule has 1 saturated carbocycles. The molecule has 1 atom stereocenters. The molecule has 2 aliphatic heterocycles. The molecule has 55 heavy (non-hydrogen) atoms. The molecule has 3 fully saturated rings. The Morgan fingerprint density at radius 1 is 0.945 bits per heavy atom. The Hall–Kier alpha value is -5.83. The minimum Gasteiger partial charge on any atom is -0.487 e. The maximum atomic E-state index is 16.2. The van der Waals surface area contributed by atoms with E-state index >= 15 is 4.39 Å². The van der Waals surface area contributed by atoms with Gasteiger partial charge in [-0.2, -0.15) is 13.5 Å². The molecule has 0 spiro atoms. The van der Waals surface area contributed by atoms with E-state index in [1.54, 1.807) is 16.8 Å². The van der Waals surface area contributed by atoms with E-state index in [1.807, 2.05) is 48.2 Å². The van der Waals surface area contributed by atoms with Gasteiger partial charge in [0, 0.05) is 36.3 Å². The predicted octanol–water partition coefficient (Wildman–Crippen LogP) is 5.45. The largest absolute Gasteiger partial charge is 0.487 e. The zero-order valence-corrected chi connectivity index (χ0v) is 30.8. The second-order valence-corrected chi connectivity index (χ2v) is 16.1. The number of carbonyl (C=O) groups is 4. The first-order valence-corrected chi connectivity index (χ1v) is 19.7. The fourth-order valence-corrected chi connectivity index (χ4v) is 9.23. The van der Waals surface area contributed by atoms with E-state index in [1.165, 1.54) is 17.7 Å². The van der Waals surface area contributed by atoms with Gasteiger partial charge >= 0.3 is 10.2 Å². The van der Waals surface area contributed by atoms with E-state index in [9.17, 15) is 27.6 Å². The van der Waals surface area contributed by atoms with Crippen molar-refractivity contribution in [3.8, 4) is 5.75 Å². The van der Waals surface area contributed by atoms with Crippen molar-refractivity contribution in [2.45, 2.75) is 63.4 Å². The molecule has 4 aromatic carbocycles. The van der Waals surface area contributed by atoms with Gasteiger partial charge in [-0.15, -0.1) is 0 Å². The third-order valence-corrected chi connectivity index (χ3v) is 12.2. The molecule has 3 aliphatic rings. The summed E-state index contributed by atoms with van der Waals surface area (Å²) in [6.45, 7) is -0.564. The lowest BCUT2D eigenvalue weighted by Crippen LogP contribution is -2.39. The summed E-state index contributed by atoms with van der Waals surface area (Å²) < 4.78 is 52.0. The molecule has 3 heterocycles. The van der Waals surface area contributed by atoms with Crippen LogP contribution < -0.4 is 24.4 Å². The highest BCUT2D eigenvalue weighted by Gasteiger charge is 2.38. The number of aromatic nitrogens is 2. The van der Waals surface area contributed by atoms with Gasteiger partial charge in [0.25, 0.3) is 5.91 Å². The predicted molar refractivity (Wildman–Crippen MR) is 203 cm³/mol. The van der Waals surface area contributed by atoms with Crippen LogP contribution in [0, 0.1) is 11.7 Å². The van der Waals surface area contributed by atoms with Crippen LogP contribution in [0.1, 0.15) is 73.6 Å². The van der Waals surface area contributed by atoms with Crippen molar-refractivity contribution in [3.05, 3.63) is 95.4 Å². The lowest BCUT2D eigenvalue weighted by atomic mass is 9.77. The van der Waals surface area contributed by atoms with Crippen molar-refractivity contribution in [2.75, 3.05) is 16.2 Å². The average Bonchev–Trinajstić information content (AvgIpc) is 3.63. The molecule has 3 N–H and O–H groups in total. The molecule has 1 unspecified atom stereocenters. The molecule has 4 amide bonds. The molecule has 5 aromatic rings. The molecule has 13 nitrogen and oxygen atoms in total. The lowest BCUT2D eigenvalue weighted by molar-refractivity contribution is -0.134. The third-order valence-electron chi connectivity index (χ3n) is 10.9. The fraction of sp³-hybridized carbons (Fsp3) is 0.325. The first-order chi connectivity index (χ1) is 26.4. The number of hydrogen-bond donors (Lipinski definition) is 3. The molecule has 0 bridgehead atoms. The van der Waals surface area contributed by atoms with Gasteiger partial charge in [-0.1, -0.05) is 42.5 Å². The summed E-state index contributed by atoms with van der Waals surface area (Å²) in [7, 11) is -2.47.